The van der Waals surface area contributed by atoms with Gasteiger partial charge in [-0.25, -0.2) is 0 Å². The third kappa shape index (κ3) is 2.47. The van der Waals surface area contributed by atoms with Crippen LogP contribution in [0.25, 0.3) is 0 Å². The van der Waals surface area contributed by atoms with Gasteiger partial charge in [0.25, 0.3) is 0 Å². The van der Waals surface area contributed by atoms with Crippen LogP contribution in [0.5, 0.6) is 0 Å². The molecule has 0 aliphatic rings. The van der Waals surface area contributed by atoms with Gasteiger partial charge in [-0.15, -0.1) is 0 Å². The molecule has 0 amide bonds. The number of halogens is 2. The van der Waals surface area contributed by atoms with Crippen molar-refractivity contribution in [3.63, 3.8) is 0 Å². The maximum atomic E-state index is 9.33. The predicted molar refractivity (Wildman–Crippen MR) is 50.2 cm³/mol. The van der Waals surface area contributed by atoms with Gasteiger partial charge in [0, 0.05) is 10.4 Å². The molecule has 1 rings (SSSR count). The first-order valence-corrected chi connectivity index (χ1v) is 4.73. The topological polar surface area (TPSA) is 20.2 Å². The van der Waals surface area contributed by atoms with Crippen molar-refractivity contribution in [3.05, 3.63) is 34.9 Å². The SMILES string of the molecule is OC(CBr)c1ccc(Cl)cc1. The Labute approximate surface area is 79.1 Å². The summed E-state index contributed by atoms with van der Waals surface area (Å²) in [6.45, 7) is 0. The van der Waals surface area contributed by atoms with Crippen molar-refractivity contribution in [1.29, 1.82) is 0 Å². The van der Waals surface area contributed by atoms with E-state index in [2.05, 4.69) is 15.9 Å². The zero-order valence-electron chi connectivity index (χ0n) is 5.80. The van der Waals surface area contributed by atoms with Crippen LogP contribution in [0.15, 0.2) is 24.3 Å². The lowest BCUT2D eigenvalue weighted by Gasteiger charge is -2.05. The monoisotopic (exact) mass is 234 g/mol. The average molecular weight is 236 g/mol. The third-order valence-corrected chi connectivity index (χ3v) is 2.27. The molecule has 11 heavy (non-hydrogen) atoms. The van der Waals surface area contributed by atoms with E-state index >= 15 is 0 Å². The van der Waals surface area contributed by atoms with Gasteiger partial charge < -0.3 is 5.11 Å². The molecule has 0 spiro atoms. The number of aliphatic hydroxyl groups is 1. The van der Waals surface area contributed by atoms with E-state index in [-0.39, 0.29) is 0 Å². The number of hydrogen-bond acceptors (Lipinski definition) is 1. The van der Waals surface area contributed by atoms with E-state index in [1.807, 2.05) is 12.1 Å². The van der Waals surface area contributed by atoms with Gasteiger partial charge in [-0.2, -0.15) is 0 Å². The molecule has 1 unspecified atom stereocenters. The fourth-order valence-corrected chi connectivity index (χ4v) is 1.27. The lowest BCUT2D eigenvalue weighted by molar-refractivity contribution is 0.205. The highest BCUT2D eigenvalue weighted by atomic mass is 79.9. The summed E-state index contributed by atoms with van der Waals surface area (Å²) < 4.78 is 0. The van der Waals surface area contributed by atoms with Gasteiger partial charge >= 0.3 is 0 Å². The van der Waals surface area contributed by atoms with Crippen molar-refractivity contribution < 1.29 is 5.11 Å². The van der Waals surface area contributed by atoms with Gasteiger partial charge in [-0.05, 0) is 17.7 Å². The van der Waals surface area contributed by atoms with Crippen LogP contribution in [0.3, 0.4) is 0 Å². The molecule has 60 valence electrons. The summed E-state index contributed by atoms with van der Waals surface area (Å²) in [5.41, 5.74) is 0.881. The van der Waals surface area contributed by atoms with Gasteiger partial charge in [0.15, 0.2) is 0 Å². The van der Waals surface area contributed by atoms with E-state index in [1.54, 1.807) is 12.1 Å². The zero-order chi connectivity index (χ0) is 8.27. The van der Waals surface area contributed by atoms with Gasteiger partial charge in [0.05, 0.1) is 6.10 Å². The first kappa shape index (κ1) is 9.04. The Hall–Kier alpha value is -0.0500. The number of alkyl halides is 1. The standard InChI is InChI=1S/C8H8BrClO/c9-5-8(11)6-1-3-7(10)4-2-6/h1-4,8,11H,5H2. The largest absolute Gasteiger partial charge is 0.388 e. The summed E-state index contributed by atoms with van der Waals surface area (Å²) in [7, 11) is 0. The Bertz CT molecular complexity index is 222. The predicted octanol–water partition coefficient (Wildman–Crippen LogP) is 2.77. The second-order valence-corrected chi connectivity index (χ2v) is 3.31. The zero-order valence-corrected chi connectivity index (χ0v) is 8.14. The van der Waals surface area contributed by atoms with Crippen molar-refractivity contribution in [3.8, 4) is 0 Å². The molecule has 0 saturated carbocycles. The summed E-state index contributed by atoms with van der Waals surface area (Å²) in [6, 6.07) is 7.16. The fourth-order valence-electron chi connectivity index (χ4n) is 0.774. The second-order valence-electron chi connectivity index (χ2n) is 2.22. The quantitative estimate of drug-likeness (QED) is 0.782. The minimum atomic E-state index is -0.438. The third-order valence-electron chi connectivity index (χ3n) is 1.40. The lowest BCUT2D eigenvalue weighted by atomic mass is 10.1. The summed E-state index contributed by atoms with van der Waals surface area (Å²) in [5, 5.41) is 10.6. The lowest BCUT2D eigenvalue weighted by Crippen LogP contribution is -1.96. The molecule has 1 nitrogen and oxygen atoms in total. The molecule has 0 heterocycles. The normalized spacial score (nSPS) is 13.0. The first-order chi connectivity index (χ1) is 5.24. The fraction of sp³-hybridized carbons (Fsp3) is 0.250. The second kappa shape index (κ2) is 4.10. The maximum absolute atomic E-state index is 9.33. The van der Waals surface area contributed by atoms with Crippen molar-refractivity contribution in [1.82, 2.24) is 0 Å². The van der Waals surface area contributed by atoms with Gasteiger partial charge in [-0.1, -0.05) is 39.7 Å². The highest BCUT2D eigenvalue weighted by Gasteiger charge is 2.03. The van der Waals surface area contributed by atoms with Crippen LogP contribution in [0, 0.1) is 0 Å². The Kier molecular flexibility index (Phi) is 3.37. The molecular weight excluding hydrogens is 227 g/mol. The summed E-state index contributed by atoms with van der Waals surface area (Å²) >= 11 is 8.85. The minimum Gasteiger partial charge on any atom is -0.388 e. The van der Waals surface area contributed by atoms with Crippen LogP contribution >= 0.6 is 27.5 Å². The van der Waals surface area contributed by atoms with E-state index in [1.165, 1.54) is 0 Å². The molecule has 0 fully saturated rings. The van der Waals surface area contributed by atoms with E-state index in [0.717, 1.165) is 5.56 Å². The van der Waals surface area contributed by atoms with Gasteiger partial charge in [-0.3, -0.25) is 0 Å². The molecule has 0 aliphatic carbocycles. The number of hydrogen-bond donors (Lipinski definition) is 1. The number of aliphatic hydroxyl groups excluding tert-OH is 1. The van der Waals surface area contributed by atoms with E-state index in [4.69, 9.17) is 11.6 Å². The van der Waals surface area contributed by atoms with Crippen LogP contribution < -0.4 is 0 Å². The molecule has 1 N–H and O–H groups in total. The average Bonchev–Trinajstić information content (AvgIpc) is 2.05. The molecule has 0 aliphatic heterocycles. The van der Waals surface area contributed by atoms with E-state index < -0.39 is 6.10 Å². The van der Waals surface area contributed by atoms with Gasteiger partial charge in [0.1, 0.15) is 0 Å². The molecule has 1 atom stereocenters. The minimum absolute atomic E-state index is 0.438. The van der Waals surface area contributed by atoms with Crippen LogP contribution in [0.1, 0.15) is 11.7 Å². The Morgan fingerprint density at radius 2 is 1.91 bits per heavy atom. The van der Waals surface area contributed by atoms with Crippen LogP contribution in [-0.2, 0) is 0 Å². The Balaban J connectivity index is 2.81. The maximum Gasteiger partial charge on any atom is 0.0886 e. The van der Waals surface area contributed by atoms with Crippen LogP contribution in [0.4, 0.5) is 0 Å². The Morgan fingerprint density at radius 3 is 2.36 bits per heavy atom. The van der Waals surface area contributed by atoms with E-state index in [9.17, 15) is 5.11 Å². The van der Waals surface area contributed by atoms with Gasteiger partial charge in [0.2, 0.25) is 0 Å². The van der Waals surface area contributed by atoms with Crippen LogP contribution in [-0.4, -0.2) is 10.4 Å². The molecule has 1 aromatic carbocycles. The van der Waals surface area contributed by atoms with Crippen molar-refractivity contribution >= 4 is 27.5 Å². The molecule has 0 aromatic heterocycles. The highest BCUT2D eigenvalue weighted by Crippen LogP contribution is 2.17. The molecule has 0 radical (unpaired) electrons. The smallest absolute Gasteiger partial charge is 0.0886 e. The summed E-state index contributed by atoms with van der Waals surface area (Å²) in [4.78, 5) is 0. The first-order valence-electron chi connectivity index (χ1n) is 3.23. The summed E-state index contributed by atoms with van der Waals surface area (Å²) in [5.74, 6) is 0. The number of benzene rings is 1. The molecule has 0 saturated heterocycles. The summed E-state index contributed by atoms with van der Waals surface area (Å²) in [6.07, 6.45) is -0.438. The Morgan fingerprint density at radius 1 is 1.36 bits per heavy atom. The van der Waals surface area contributed by atoms with Crippen molar-refractivity contribution in [2.24, 2.45) is 0 Å². The molecule has 1 aromatic rings. The molecule has 0 bridgehead atoms. The molecule has 3 heteroatoms. The van der Waals surface area contributed by atoms with Crippen LogP contribution in [0.2, 0.25) is 5.02 Å². The van der Waals surface area contributed by atoms with E-state index in [0.29, 0.717) is 10.4 Å². The highest BCUT2D eigenvalue weighted by molar-refractivity contribution is 9.09. The van der Waals surface area contributed by atoms with Crippen molar-refractivity contribution in [2.45, 2.75) is 6.10 Å². The number of rotatable bonds is 2. The molecular formula is C8H8BrClO. The van der Waals surface area contributed by atoms with Crippen molar-refractivity contribution in [2.75, 3.05) is 5.33 Å².